The van der Waals surface area contributed by atoms with Crippen LogP contribution in [0, 0.1) is 13.8 Å². The molecule has 1 aromatic rings. The van der Waals surface area contributed by atoms with Crippen LogP contribution >= 0.6 is 15.9 Å². The first-order chi connectivity index (χ1) is 7.16. The molecule has 1 aliphatic carbocycles. The molecule has 1 aromatic carbocycles. The zero-order chi connectivity index (χ0) is 10.8. The minimum atomic E-state index is 0.733. The topological polar surface area (TPSA) is 0 Å². The summed E-state index contributed by atoms with van der Waals surface area (Å²) < 4.78 is 0. The predicted octanol–water partition coefficient (Wildman–Crippen LogP) is 4.72. The molecule has 0 radical (unpaired) electrons. The Morgan fingerprint density at radius 3 is 2.73 bits per heavy atom. The Morgan fingerprint density at radius 2 is 2.00 bits per heavy atom. The summed E-state index contributed by atoms with van der Waals surface area (Å²) in [6, 6.07) is 6.86. The molecule has 15 heavy (non-hydrogen) atoms. The monoisotopic (exact) mass is 266 g/mol. The zero-order valence-corrected chi connectivity index (χ0v) is 11.2. The minimum Gasteiger partial charge on any atom is -0.0890 e. The number of aryl methyl sites for hydroxylation is 2. The molecule has 0 bridgehead atoms. The van der Waals surface area contributed by atoms with E-state index in [1.165, 1.54) is 36.8 Å². The lowest BCUT2D eigenvalue weighted by molar-refractivity contribution is 0.457. The van der Waals surface area contributed by atoms with Crippen LogP contribution in [-0.4, -0.2) is 4.83 Å². The van der Waals surface area contributed by atoms with Gasteiger partial charge in [0.05, 0.1) is 0 Å². The van der Waals surface area contributed by atoms with Gasteiger partial charge in [-0.2, -0.15) is 0 Å². The van der Waals surface area contributed by atoms with Crippen molar-refractivity contribution >= 4 is 15.9 Å². The largest absolute Gasteiger partial charge is 0.0890 e. The minimum absolute atomic E-state index is 0.733. The number of halogens is 1. The van der Waals surface area contributed by atoms with E-state index < -0.39 is 0 Å². The van der Waals surface area contributed by atoms with E-state index in [4.69, 9.17) is 0 Å². The van der Waals surface area contributed by atoms with Crippen molar-refractivity contribution in [2.24, 2.45) is 0 Å². The second kappa shape index (κ2) is 4.69. The summed E-state index contributed by atoms with van der Waals surface area (Å²) in [4.78, 5) is 0.733. The molecule has 82 valence electrons. The second-order valence-electron chi connectivity index (χ2n) is 4.82. The molecule has 2 rings (SSSR count). The van der Waals surface area contributed by atoms with Gasteiger partial charge < -0.3 is 0 Å². The van der Waals surface area contributed by atoms with Crippen LogP contribution < -0.4 is 0 Å². The van der Waals surface area contributed by atoms with Crippen LogP contribution in [0.2, 0.25) is 0 Å². The third kappa shape index (κ3) is 2.63. The highest BCUT2D eigenvalue weighted by Gasteiger charge is 2.22. The Labute approximate surface area is 101 Å². The van der Waals surface area contributed by atoms with Crippen molar-refractivity contribution in [3.63, 3.8) is 0 Å². The number of hydrogen-bond acceptors (Lipinski definition) is 0. The first-order valence-corrected chi connectivity index (χ1v) is 6.79. The van der Waals surface area contributed by atoms with Crippen LogP contribution in [0.5, 0.6) is 0 Å². The summed E-state index contributed by atoms with van der Waals surface area (Å²) in [6.45, 7) is 4.43. The Balaban J connectivity index is 2.24. The molecule has 0 nitrogen and oxygen atoms in total. The summed E-state index contributed by atoms with van der Waals surface area (Å²) in [5.74, 6) is 0.781. The molecule has 1 saturated carbocycles. The Bertz CT molecular complexity index is 343. The van der Waals surface area contributed by atoms with Gasteiger partial charge in [-0.3, -0.25) is 0 Å². The lowest BCUT2D eigenvalue weighted by Gasteiger charge is -2.27. The average molecular weight is 267 g/mol. The maximum absolute atomic E-state index is 3.77. The van der Waals surface area contributed by atoms with E-state index in [2.05, 4.69) is 48.0 Å². The summed E-state index contributed by atoms with van der Waals surface area (Å²) in [5.41, 5.74) is 4.44. The number of rotatable bonds is 1. The van der Waals surface area contributed by atoms with E-state index in [9.17, 15) is 0 Å². The highest BCUT2D eigenvalue weighted by molar-refractivity contribution is 9.09. The molecular formula is C14H19Br. The van der Waals surface area contributed by atoms with Crippen LogP contribution in [0.1, 0.15) is 48.3 Å². The first kappa shape index (κ1) is 11.2. The highest BCUT2D eigenvalue weighted by atomic mass is 79.9. The van der Waals surface area contributed by atoms with Gasteiger partial charge >= 0.3 is 0 Å². The van der Waals surface area contributed by atoms with Crippen LogP contribution in [0.3, 0.4) is 0 Å². The van der Waals surface area contributed by atoms with Crippen molar-refractivity contribution in [3.05, 3.63) is 34.9 Å². The summed E-state index contributed by atoms with van der Waals surface area (Å²) in [6.07, 6.45) is 5.39. The van der Waals surface area contributed by atoms with Gasteiger partial charge in [-0.1, -0.05) is 46.1 Å². The van der Waals surface area contributed by atoms with E-state index in [0.717, 1.165) is 10.7 Å². The number of benzene rings is 1. The van der Waals surface area contributed by atoms with Gasteiger partial charge in [0.2, 0.25) is 0 Å². The van der Waals surface area contributed by atoms with Crippen LogP contribution in [0.15, 0.2) is 18.2 Å². The molecule has 0 saturated heterocycles. The SMILES string of the molecule is Cc1ccc(C)c(C2CCCC(Br)C2)c1. The number of hydrogen-bond donors (Lipinski definition) is 0. The maximum Gasteiger partial charge on any atom is 0.0151 e. The molecule has 0 aliphatic heterocycles. The van der Waals surface area contributed by atoms with Gasteiger partial charge in [0.25, 0.3) is 0 Å². The Kier molecular flexibility index (Phi) is 3.50. The lowest BCUT2D eigenvalue weighted by Crippen LogP contribution is -2.14. The average Bonchev–Trinajstić information content (AvgIpc) is 2.22. The van der Waals surface area contributed by atoms with Gasteiger partial charge in [-0.15, -0.1) is 0 Å². The molecular weight excluding hydrogens is 248 g/mol. The summed E-state index contributed by atoms with van der Waals surface area (Å²) in [5, 5.41) is 0. The van der Waals surface area contributed by atoms with Crippen molar-refractivity contribution in [1.29, 1.82) is 0 Å². The molecule has 2 unspecified atom stereocenters. The molecule has 0 spiro atoms. The second-order valence-corrected chi connectivity index (χ2v) is 6.12. The van der Waals surface area contributed by atoms with Gasteiger partial charge in [-0.05, 0) is 50.2 Å². The van der Waals surface area contributed by atoms with E-state index in [0.29, 0.717) is 0 Å². The summed E-state index contributed by atoms with van der Waals surface area (Å²) >= 11 is 3.77. The normalized spacial score (nSPS) is 26.6. The van der Waals surface area contributed by atoms with E-state index >= 15 is 0 Å². The van der Waals surface area contributed by atoms with Gasteiger partial charge in [0.1, 0.15) is 0 Å². The molecule has 1 aliphatic rings. The smallest absolute Gasteiger partial charge is 0.0151 e. The molecule has 1 heteroatoms. The van der Waals surface area contributed by atoms with Crippen LogP contribution in [-0.2, 0) is 0 Å². The van der Waals surface area contributed by atoms with E-state index in [-0.39, 0.29) is 0 Å². The third-order valence-corrected chi connectivity index (χ3v) is 4.32. The van der Waals surface area contributed by atoms with Crippen molar-refractivity contribution in [1.82, 2.24) is 0 Å². The van der Waals surface area contributed by atoms with Gasteiger partial charge in [0, 0.05) is 4.83 Å². The zero-order valence-electron chi connectivity index (χ0n) is 9.59. The van der Waals surface area contributed by atoms with Crippen LogP contribution in [0.4, 0.5) is 0 Å². The van der Waals surface area contributed by atoms with Crippen LogP contribution in [0.25, 0.3) is 0 Å². The first-order valence-electron chi connectivity index (χ1n) is 5.88. The van der Waals surface area contributed by atoms with Crippen molar-refractivity contribution in [3.8, 4) is 0 Å². The molecule has 0 aromatic heterocycles. The lowest BCUT2D eigenvalue weighted by atomic mass is 9.82. The fraction of sp³-hybridized carbons (Fsp3) is 0.571. The highest BCUT2D eigenvalue weighted by Crippen LogP contribution is 2.37. The Hall–Kier alpha value is -0.300. The molecule has 0 amide bonds. The number of alkyl halides is 1. The fourth-order valence-electron chi connectivity index (χ4n) is 2.61. The quantitative estimate of drug-likeness (QED) is 0.645. The van der Waals surface area contributed by atoms with Gasteiger partial charge in [0.15, 0.2) is 0 Å². The predicted molar refractivity (Wildman–Crippen MR) is 69.8 cm³/mol. The van der Waals surface area contributed by atoms with E-state index in [1.807, 2.05) is 0 Å². The summed E-state index contributed by atoms with van der Waals surface area (Å²) in [7, 11) is 0. The van der Waals surface area contributed by atoms with Crippen molar-refractivity contribution in [2.45, 2.75) is 50.3 Å². The molecule has 1 fully saturated rings. The standard InChI is InChI=1S/C14H19Br/c1-10-6-7-11(2)14(8-10)12-4-3-5-13(15)9-12/h6-8,12-13H,3-5,9H2,1-2H3. The Morgan fingerprint density at radius 1 is 1.20 bits per heavy atom. The van der Waals surface area contributed by atoms with Crippen molar-refractivity contribution in [2.75, 3.05) is 0 Å². The maximum atomic E-state index is 3.77. The van der Waals surface area contributed by atoms with Crippen molar-refractivity contribution < 1.29 is 0 Å². The molecule has 0 heterocycles. The van der Waals surface area contributed by atoms with E-state index in [1.54, 1.807) is 5.56 Å². The fourth-order valence-corrected chi connectivity index (χ4v) is 3.39. The molecule has 2 atom stereocenters. The van der Waals surface area contributed by atoms with Gasteiger partial charge in [-0.25, -0.2) is 0 Å². The third-order valence-electron chi connectivity index (χ3n) is 3.48. The molecule has 0 N–H and O–H groups in total.